The van der Waals surface area contributed by atoms with E-state index in [0.29, 0.717) is 12.5 Å². The minimum atomic E-state index is -0.487. The number of benzene rings is 2. The largest absolute Gasteiger partial charge is 0.381 e. The fourth-order valence-corrected chi connectivity index (χ4v) is 1.95. The van der Waals surface area contributed by atoms with E-state index in [1.807, 2.05) is 6.07 Å². The maximum absolute atomic E-state index is 13.2. The smallest absolute Gasteiger partial charge is 0.141 e. The first kappa shape index (κ1) is 14.1. The highest BCUT2D eigenvalue weighted by Gasteiger charge is 2.03. The van der Waals surface area contributed by atoms with Crippen molar-refractivity contribution in [1.29, 1.82) is 5.26 Å². The first-order valence-corrected chi connectivity index (χ1v) is 6.62. The van der Waals surface area contributed by atoms with Crippen molar-refractivity contribution < 1.29 is 4.39 Å². The molecule has 0 aliphatic heterocycles. The number of anilines is 1. The SMILES string of the molecule is CC(C)c1ccc(CNc2ccc(F)c(C#N)c2)cc1. The van der Waals surface area contributed by atoms with Gasteiger partial charge in [0.1, 0.15) is 11.9 Å². The average molecular weight is 268 g/mol. The van der Waals surface area contributed by atoms with Gasteiger partial charge < -0.3 is 5.32 Å². The maximum atomic E-state index is 13.2. The molecule has 0 radical (unpaired) electrons. The zero-order valence-electron chi connectivity index (χ0n) is 11.7. The Morgan fingerprint density at radius 2 is 1.85 bits per heavy atom. The van der Waals surface area contributed by atoms with Crippen LogP contribution in [0, 0.1) is 17.1 Å². The van der Waals surface area contributed by atoms with E-state index in [1.54, 1.807) is 6.07 Å². The van der Waals surface area contributed by atoms with E-state index in [4.69, 9.17) is 5.26 Å². The molecule has 1 N–H and O–H groups in total. The number of nitriles is 1. The molecule has 0 spiro atoms. The Labute approximate surface area is 118 Å². The Hall–Kier alpha value is -2.34. The number of nitrogens with zero attached hydrogens (tertiary/aromatic N) is 1. The van der Waals surface area contributed by atoms with E-state index in [2.05, 4.69) is 43.4 Å². The summed E-state index contributed by atoms with van der Waals surface area (Å²) in [6, 6.07) is 14.7. The predicted octanol–water partition coefficient (Wildman–Crippen LogP) is 4.43. The molecule has 0 aromatic heterocycles. The van der Waals surface area contributed by atoms with Crippen molar-refractivity contribution in [2.45, 2.75) is 26.3 Å². The van der Waals surface area contributed by atoms with Gasteiger partial charge in [0.2, 0.25) is 0 Å². The zero-order chi connectivity index (χ0) is 14.5. The van der Waals surface area contributed by atoms with Crippen molar-refractivity contribution in [3.05, 3.63) is 65.0 Å². The van der Waals surface area contributed by atoms with Crippen LogP contribution >= 0.6 is 0 Å². The Balaban J connectivity index is 2.03. The van der Waals surface area contributed by atoms with Crippen molar-refractivity contribution in [2.75, 3.05) is 5.32 Å². The van der Waals surface area contributed by atoms with E-state index in [0.717, 1.165) is 11.3 Å². The molecule has 2 aromatic carbocycles. The van der Waals surface area contributed by atoms with Crippen LogP contribution in [0.15, 0.2) is 42.5 Å². The Bertz CT molecular complexity index is 624. The lowest BCUT2D eigenvalue weighted by molar-refractivity contribution is 0.624. The third-order valence-electron chi connectivity index (χ3n) is 3.23. The Morgan fingerprint density at radius 1 is 1.15 bits per heavy atom. The topological polar surface area (TPSA) is 35.8 Å². The van der Waals surface area contributed by atoms with Gasteiger partial charge in [-0.2, -0.15) is 5.26 Å². The summed E-state index contributed by atoms with van der Waals surface area (Å²) in [5, 5.41) is 12.0. The number of hydrogen-bond acceptors (Lipinski definition) is 2. The molecular weight excluding hydrogens is 251 g/mol. The molecule has 3 heteroatoms. The standard InChI is InChI=1S/C17H17FN2/c1-12(2)14-5-3-13(4-6-14)11-20-16-7-8-17(18)15(9-16)10-19/h3-9,12,20H,11H2,1-2H3. The number of nitrogens with one attached hydrogen (secondary N) is 1. The van der Waals surface area contributed by atoms with Crippen molar-refractivity contribution >= 4 is 5.69 Å². The summed E-state index contributed by atoms with van der Waals surface area (Å²) in [5.74, 6) is 0.0339. The third kappa shape index (κ3) is 3.36. The summed E-state index contributed by atoms with van der Waals surface area (Å²) in [6.07, 6.45) is 0. The van der Waals surface area contributed by atoms with Crippen LogP contribution in [0.5, 0.6) is 0 Å². The van der Waals surface area contributed by atoms with Gasteiger partial charge in [-0.15, -0.1) is 0 Å². The highest BCUT2D eigenvalue weighted by Crippen LogP contribution is 2.17. The van der Waals surface area contributed by atoms with Crippen LogP contribution in [0.2, 0.25) is 0 Å². The fourth-order valence-electron chi connectivity index (χ4n) is 1.95. The van der Waals surface area contributed by atoms with E-state index in [9.17, 15) is 4.39 Å². The van der Waals surface area contributed by atoms with Crippen LogP contribution < -0.4 is 5.32 Å². The molecule has 0 amide bonds. The molecular formula is C17H17FN2. The molecule has 20 heavy (non-hydrogen) atoms. The molecule has 2 rings (SSSR count). The van der Waals surface area contributed by atoms with Crippen LogP contribution in [0.25, 0.3) is 0 Å². The molecule has 102 valence electrons. The number of rotatable bonds is 4. The Morgan fingerprint density at radius 3 is 2.45 bits per heavy atom. The lowest BCUT2D eigenvalue weighted by Crippen LogP contribution is -2.00. The first-order valence-electron chi connectivity index (χ1n) is 6.62. The molecule has 0 aliphatic rings. The molecule has 0 atom stereocenters. The summed E-state index contributed by atoms with van der Waals surface area (Å²) in [5.41, 5.74) is 3.26. The van der Waals surface area contributed by atoms with Crippen LogP contribution in [-0.4, -0.2) is 0 Å². The van der Waals surface area contributed by atoms with E-state index in [-0.39, 0.29) is 5.56 Å². The van der Waals surface area contributed by atoms with Gasteiger partial charge in [-0.05, 0) is 35.2 Å². The highest BCUT2D eigenvalue weighted by molar-refractivity contribution is 5.50. The molecule has 2 aromatic rings. The number of halogens is 1. The summed E-state index contributed by atoms with van der Waals surface area (Å²) in [4.78, 5) is 0. The predicted molar refractivity (Wildman–Crippen MR) is 79.0 cm³/mol. The lowest BCUT2D eigenvalue weighted by atomic mass is 10.0. The van der Waals surface area contributed by atoms with Crippen LogP contribution in [-0.2, 0) is 6.54 Å². The quantitative estimate of drug-likeness (QED) is 0.890. The summed E-state index contributed by atoms with van der Waals surface area (Å²) in [7, 11) is 0. The molecule has 0 heterocycles. The second-order valence-corrected chi connectivity index (χ2v) is 5.06. The lowest BCUT2D eigenvalue weighted by Gasteiger charge is -2.09. The van der Waals surface area contributed by atoms with Crippen molar-refractivity contribution in [2.24, 2.45) is 0 Å². The first-order chi connectivity index (χ1) is 9.60. The van der Waals surface area contributed by atoms with Gasteiger partial charge in [-0.3, -0.25) is 0 Å². The zero-order valence-corrected chi connectivity index (χ0v) is 11.7. The van der Waals surface area contributed by atoms with Crippen LogP contribution in [0.3, 0.4) is 0 Å². The van der Waals surface area contributed by atoms with E-state index < -0.39 is 5.82 Å². The second kappa shape index (κ2) is 6.21. The average Bonchev–Trinajstić information content (AvgIpc) is 2.46. The minimum Gasteiger partial charge on any atom is -0.381 e. The second-order valence-electron chi connectivity index (χ2n) is 5.06. The van der Waals surface area contributed by atoms with Gasteiger partial charge in [0, 0.05) is 12.2 Å². The van der Waals surface area contributed by atoms with Crippen molar-refractivity contribution in [3.8, 4) is 6.07 Å². The van der Waals surface area contributed by atoms with E-state index in [1.165, 1.54) is 17.7 Å². The molecule has 0 saturated carbocycles. The van der Waals surface area contributed by atoms with Gasteiger partial charge >= 0.3 is 0 Å². The molecule has 0 fully saturated rings. The van der Waals surface area contributed by atoms with Gasteiger partial charge in [-0.1, -0.05) is 38.1 Å². The summed E-state index contributed by atoms with van der Waals surface area (Å²) >= 11 is 0. The molecule has 0 bridgehead atoms. The van der Waals surface area contributed by atoms with Gasteiger partial charge in [0.05, 0.1) is 5.56 Å². The third-order valence-corrected chi connectivity index (χ3v) is 3.23. The molecule has 0 aliphatic carbocycles. The highest BCUT2D eigenvalue weighted by atomic mass is 19.1. The monoisotopic (exact) mass is 268 g/mol. The van der Waals surface area contributed by atoms with E-state index >= 15 is 0 Å². The normalized spacial score (nSPS) is 10.3. The van der Waals surface area contributed by atoms with Crippen LogP contribution in [0.1, 0.15) is 36.5 Å². The fraction of sp³-hybridized carbons (Fsp3) is 0.235. The molecule has 2 nitrogen and oxygen atoms in total. The maximum Gasteiger partial charge on any atom is 0.141 e. The van der Waals surface area contributed by atoms with Gasteiger partial charge in [-0.25, -0.2) is 4.39 Å². The Kier molecular flexibility index (Phi) is 4.37. The number of hydrogen-bond donors (Lipinski definition) is 1. The minimum absolute atomic E-state index is 0.0603. The molecule has 0 unspecified atom stereocenters. The summed E-state index contributed by atoms with van der Waals surface area (Å²) in [6.45, 7) is 4.97. The van der Waals surface area contributed by atoms with Crippen molar-refractivity contribution in [3.63, 3.8) is 0 Å². The summed E-state index contributed by atoms with van der Waals surface area (Å²) < 4.78 is 13.2. The van der Waals surface area contributed by atoms with Crippen LogP contribution in [0.4, 0.5) is 10.1 Å². The van der Waals surface area contributed by atoms with Gasteiger partial charge in [0.15, 0.2) is 0 Å². The van der Waals surface area contributed by atoms with Crippen molar-refractivity contribution in [1.82, 2.24) is 0 Å². The van der Waals surface area contributed by atoms with Gasteiger partial charge in [0.25, 0.3) is 0 Å². The molecule has 0 saturated heterocycles.